The summed E-state index contributed by atoms with van der Waals surface area (Å²) in [5.74, 6) is 0.0483. The predicted octanol–water partition coefficient (Wildman–Crippen LogP) is 3.09. The van der Waals surface area contributed by atoms with Crippen molar-refractivity contribution in [3.63, 3.8) is 0 Å². The third-order valence-electron chi connectivity index (χ3n) is 4.02. The molecule has 0 aliphatic rings. The molecule has 2 heterocycles. The number of benzene rings is 2. The molecular weight excluding hydrogens is 414 g/mol. The first kappa shape index (κ1) is 17.2. The van der Waals surface area contributed by atoms with Gasteiger partial charge in [0.1, 0.15) is 0 Å². The maximum Gasteiger partial charge on any atom is 0.278 e. The third-order valence-corrected chi connectivity index (χ3v) is 4.51. The molecule has 136 valence electrons. The SMILES string of the molecule is CN(C)c1ccc2onc(C(=O)Nc3ccc(Br)cc3-c3nnn[nH]3)c2c1. The van der Waals surface area contributed by atoms with Crippen LogP contribution < -0.4 is 10.2 Å². The molecule has 0 atom stereocenters. The third kappa shape index (κ3) is 3.26. The number of carbonyl (C=O) groups excluding carboxylic acids is 1. The average Bonchev–Trinajstić information content (AvgIpc) is 3.32. The Morgan fingerprint density at radius 3 is 2.81 bits per heavy atom. The molecule has 2 aromatic heterocycles. The van der Waals surface area contributed by atoms with E-state index in [1.165, 1.54) is 0 Å². The highest BCUT2D eigenvalue weighted by atomic mass is 79.9. The van der Waals surface area contributed by atoms with E-state index in [9.17, 15) is 4.79 Å². The molecule has 2 aromatic carbocycles. The van der Waals surface area contributed by atoms with Gasteiger partial charge in [-0.2, -0.15) is 0 Å². The van der Waals surface area contributed by atoms with Gasteiger partial charge in [-0.15, -0.1) is 5.10 Å². The van der Waals surface area contributed by atoms with Crippen LogP contribution in [0, 0.1) is 0 Å². The molecule has 9 nitrogen and oxygen atoms in total. The number of rotatable bonds is 4. The van der Waals surface area contributed by atoms with E-state index >= 15 is 0 Å². The van der Waals surface area contributed by atoms with Gasteiger partial charge in [0.25, 0.3) is 5.91 Å². The summed E-state index contributed by atoms with van der Waals surface area (Å²) in [6.07, 6.45) is 0. The Balaban J connectivity index is 1.71. The molecule has 4 rings (SSSR count). The number of aromatic amines is 1. The summed E-state index contributed by atoms with van der Waals surface area (Å²) in [5, 5.41) is 21.2. The number of nitrogens with one attached hydrogen (secondary N) is 2. The molecule has 0 aliphatic heterocycles. The number of anilines is 2. The highest BCUT2D eigenvalue weighted by molar-refractivity contribution is 9.10. The van der Waals surface area contributed by atoms with Crippen molar-refractivity contribution < 1.29 is 9.32 Å². The second-order valence-corrected chi connectivity index (χ2v) is 6.92. The second-order valence-electron chi connectivity index (χ2n) is 6.00. The molecule has 4 aromatic rings. The average molecular weight is 428 g/mol. The lowest BCUT2D eigenvalue weighted by atomic mass is 10.1. The number of hydrogen-bond acceptors (Lipinski definition) is 7. The standard InChI is InChI=1S/C17H14BrN7O2/c1-25(2)10-4-6-14-12(8-10)15(22-27-14)17(26)19-13-5-3-9(18)7-11(13)16-20-23-24-21-16/h3-8H,1-2H3,(H,19,26)(H,20,21,23,24). The van der Waals surface area contributed by atoms with Crippen LogP contribution in [0.2, 0.25) is 0 Å². The normalized spacial score (nSPS) is 10.9. The first-order valence-electron chi connectivity index (χ1n) is 7.94. The summed E-state index contributed by atoms with van der Waals surface area (Å²) >= 11 is 3.41. The lowest BCUT2D eigenvalue weighted by Crippen LogP contribution is -2.14. The minimum absolute atomic E-state index is 0.207. The number of carbonyl (C=O) groups is 1. The number of aromatic nitrogens is 5. The molecule has 10 heteroatoms. The zero-order chi connectivity index (χ0) is 19.0. The summed E-state index contributed by atoms with van der Waals surface area (Å²) < 4.78 is 6.12. The zero-order valence-electron chi connectivity index (χ0n) is 14.4. The number of hydrogen-bond donors (Lipinski definition) is 2. The van der Waals surface area contributed by atoms with Gasteiger partial charge in [-0.1, -0.05) is 21.1 Å². The Labute approximate surface area is 161 Å². The summed E-state index contributed by atoms with van der Waals surface area (Å²) in [7, 11) is 3.85. The number of fused-ring (bicyclic) bond motifs is 1. The van der Waals surface area contributed by atoms with Crippen LogP contribution >= 0.6 is 15.9 Å². The molecule has 0 fully saturated rings. The van der Waals surface area contributed by atoms with Crippen LogP contribution in [0.1, 0.15) is 10.5 Å². The van der Waals surface area contributed by atoms with Crippen molar-refractivity contribution in [1.82, 2.24) is 25.8 Å². The molecule has 0 saturated heterocycles. The number of tetrazole rings is 1. The van der Waals surface area contributed by atoms with E-state index in [0.29, 0.717) is 28.0 Å². The van der Waals surface area contributed by atoms with Crippen molar-refractivity contribution >= 4 is 44.2 Å². The van der Waals surface area contributed by atoms with Gasteiger partial charge < -0.3 is 14.7 Å². The molecular formula is C17H14BrN7O2. The monoisotopic (exact) mass is 427 g/mol. The molecule has 0 saturated carbocycles. The number of H-pyrrole nitrogens is 1. The molecule has 0 radical (unpaired) electrons. The topological polar surface area (TPSA) is 113 Å². The summed E-state index contributed by atoms with van der Waals surface area (Å²) in [6.45, 7) is 0. The fourth-order valence-electron chi connectivity index (χ4n) is 2.64. The van der Waals surface area contributed by atoms with Crippen LogP contribution in [0.25, 0.3) is 22.4 Å². The minimum atomic E-state index is -0.388. The van der Waals surface area contributed by atoms with E-state index in [0.717, 1.165) is 10.2 Å². The Kier molecular flexibility index (Phi) is 4.32. The van der Waals surface area contributed by atoms with Gasteiger partial charge in [0.2, 0.25) is 0 Å². The van der Waals surface area contributed by atoms with Crippen molar-refractivity contribution in [3.8, 4) is 11.4 Å². The van der Waals surface area contributed by atoms with Gasteiger partial charge in [-0.25, -0.2) is 5.10 Å². The summed E-state index contributed by atoms with van der Waals surface area (Å²) in [4.78, 5) is 14.8. The van der Waals surface area contributed by atoms with Crippen molar-refractivity contribution in [2.24, 2.45) is 0 Å². The van der Waals surface area contributed by atoms with E-state index < -0.39 is 0 Å². The lowest BCUT2D eigenvalue weighted by Gasteiger charge is -2.12. The first-order valence-corrected chi connectivity index (χ1v) is 8.74. The molecule has 0 spiro atoms. The van der Waals surface area contributed by atoms with Crippen LogP contribution in [-0.4, -0.2) is 45.8 Å². The molecule has 1 amide bonds. The van der Waals surface area contributed by atoms with E-state index in [1.54, 1.807) is 12.1 Å². The van der Waals surface area contributed by atoms with E-state index in [1.807, 2.05) is 43.3 Å². The fraction of sp³-hybridized carbons (Fsp3) is 0.118. The fourth-order valence-corrected chi connectivity index (χ4v) is 3.01. The van der Waals surface area contributed by atoms with E-state index in [2.05, 4.69) is 47.0 Å². The van der Waals surface area contributed by atoms with Crippen molar-refractivity contribution in [2.75, 3.05) is 24.3 Å². The lowest BCUT2D eigenvalue weighted by molar-refractivity contribution is 0.102. The highest BCUT2D eigenvalue weighted by Crippen LogP contribution is 2.30. The van der Waals surface area contributed by atoms with Gasteiger partial charge >= 0.3 is 0 Å². The number of nitrogens with zero attached hydrogens (tertiary/aromatic N) is 5. The Morgan fingerprint density at radius 2 is 2.07 bits per heavy atom. The Hall–Kier alpha value is -3.27. The highest BCUT2D eigenvalue weighted by Gasteiger charge is 2.19. The molecule has 0 aliphatic carbocycles. The van der Waals surface area contributed by atoms with Crippen LogP contribution in [0.15, 0.2) is 45.4 Å². The van der Waals surface area contributed by atoms with Gasteiger partial charge in [-0.05, 0) is 46.8 Å². The molecule has 0 bridgehead atoms. The van der Waals surface area contributed by atoms with Gasteiger partial charge in [-0.3, -0.25) is 4.79 Å². The van der Waals surface area contributed by atoms with Gasteiger partial charge in [0.05, 0.1) is 11.1 Å². The van der Waals surface area contributed by atoms with Crippen LogP contribution in [0.3, 0.4) is 0 Å². The van der Waals surface area contributed by atoms with Gasteiger partial charge in [0, 0.05) is 29.8 Å². The maximum atomic E-state index is 12.9. The summed E-state index contributed by atoms with van der Waals surface area (Å²) in [6, 6.07) is 10.9. The maximum absolute atomic E-state index is 12.9. The molecule has 0 unspecified atom stereocenters. The van der Waals surface area contributed by atoms with Crippen molar-refractivity contribution in [3.05, 3.63) is 46.6 Å². The molecule has 27 heavy (non-hydrogen) atoms. The van der Waals surface area contributed by atoms with E-state index in [-0.39, 0.29) is 11.6 Å². The van der Waals surface area contributed by atoms with Crippen LogP contribution in [0.5, 0.6) is 0 Å². The predicted molar refractivity (Wildman–Crippen MR) is 104 cm³/mol. The Bertz CT molecular complexity index is 1120. The minimum Gasteiger partial charge on any atom is -0.378 e. The smallest absolute Gasteiger partial charge is 0.278 e. The summed E-state index contributed by atoms with van der Waals surface area (Å²) in [5.41, 5.74) is 2.88. The van der Waals surface area contributed by atoms with Crippen molar-refractivity contribution in [2.45, 2.75) is 0 Å². The zero-order valence-corrected chi connectivity index (χ0v) is 16.0. The first-order chi connectivity index (χ1) is 13.0. The number of halogens is 1. The second kappa shape index (κ2) is 6.80. The van der Waals surface area contributed by atoms with Gasteiger partial charge in [0.15, 0.2) is 17.1 Å². The van der Waals surface area contributed by atoms with Crippen molar-refractivity contribution in [1.29, 1.82) is 0 Å². The Morgan fingerprint density at radius 1 is 1.22 bits per heavy atom. The van der Waals surface area contributed by atoms with E-state index in [4.69, 9.17) is 4.52 Å². The van der Waals surface area contributed by atoms with Crippen LogP contribution in [0.4, 0.5) is 11.4 Å². The number of amides is 1. The quantitative estimate of drug-likeness (QED) is 0.514. The largest absolute Gasteiger partial charge is 0.378 e. The molecule has 2 N–H and O–H groups in total. The van der Waals surface area contributed by atoms with Crippen LogP contribution in [-0.2, 0) is 0 Å².